The summed E-state index contributed by atoms with van der Waals surface area (Å²) in [5, 5.41) is 8.09. The van der Waals surface area contributed by atoms with Crippen LogP contribution in [0.25, 0.3) is 0 Å². The standard InChI is InChI=1S/C17H23N3/c1-3-18-17(16-11-19-20(4-2)12-16)15-9-13-7-5-6-8-14(13)10-15/h5-8,11-12,15,17-18H,3-4,9-10H2,1-2H3. The molecule has 1 heterocycles. The first-order valence-corrected chi connectivity index (χ1v) is 7.64. The van der Waals surface area contributed by atoms with Crippen molar-refractivity contribution < 1.29 is 0 Å². The lowest BCUT2D eigenvalue weighted by atomic mass is 9.92. The van der Waals surface area contributed by atoms with Crippen molar-refractivity contribution in [2.45, 2.75) is 39.3 Å². The minimum absolute atomic E-state index is 0.410. The van der Waals surface area contributed by atoms with Crippen LogP contribution in [0.5, 0.6) is 0 Å². The molecule has 1 aromatic carbocycles. The Kier molecular flexibility index (Phi) is 3.88. The van der Waals surface area contributed by atoms with E-state index in [1.165, 1.54) is 29.5 Å². The average molecular weight is 269 g/mol. The van der Waals surface area contributed by atoms with Gasteiger partial charge < -0.3 is 5.32 Å². The van der Waals surface area contributed by atoms with Gasteiger partial charge in [0.15, 0.2) is 0 Å². The topological polar surface area (TPSA) is 29.9 Å². The Morgan fingerprint density at radius 3 is 2.50 bits per heavy atom. The molecule has 0 saturated heterocycles. The molecule has 1 N–H and O–H groups in total. The third kappa shape index (κ3) is 2.50. The Bertz CT molecular complexity index is 548. The molecule has 0 saturated carbocycles. The molecule has 106 valence electrons. The van der Waals surface area contributed by atoms with Gasteiger partial charge in [0, 0.05) is 24.3 Å². The molecule has 1 aromatic heterocycles. The van der Waals surface area contributed by atoms with Gasteiger partial charge in [0.2, 0.25) is 0 Å². The van der Waals surface area contributed by atoms with Gasteiger partial charge in [-0.25, -0.2) is 0 Å². The summed E-state index contributed by atoms with van der Waals surface area (Å²) in [6.45, 7) is 6.24. The van der Waals surface area contributed by atoms with Crippen molar-refractivity contribution in [1.82, 2.24) is 15.1 Å². The lowest BCUT2D eigenvalue weighted by Gasteiger charge is -2.23. The molecule has 2 aromatic rings. The smallest absolute Gasteiger partial charge is 0.0537 e. The van der Waals surface area contributed by atoms with Gasteiger partial charge in [0.05, 0.1) is 6.20 Å². The van der Waals surface area contributed by atoms with Crippen LogP contribution in [0, 0.1) is 5.92 Å². The quantitative estimate of drug-likeness (QED) is 0.904. The number of hydrogen-bond acceptors (Lipinski definition) is 2. The molecular weight excluding hydrogens is 246 g/mol. The highest BCUT2D eigenvalue weighted by molar-refractivity contribution is 5.33. The van der Waals surface area contributed by atoms with Gasteiger partial charge in [-0.3, -0.25) is 4.68 Å². The number of nitrogens with one attached hydrogen (secondary N) is 1. The summed E-state index contributed by atoms with van der Waals surface area (Å²) in [5.74, 6) is 0.641. The minimum Gasteiger partial charge on any atom is -0.310 e. The molecule has 3 heteroatoms. The molecule has 0 radical (unpaired) electrons. The summed E-state index contributed by atoms with van der Waals surface area (Å²) in [6.07, 6.45) is 6.56. The molecule has 0 fully saturated rings. The van der Waals surface area contributed by atoms with Gasteiger partial charge in [-0.05, 0) is 43.4 Å². The van der Waals surface area contributed by atoms with Gasteiger partial charge in [-0.1, -0.05) is 31.2 Å². The van der Waals surface area contributed by atoms with E-state index in [4.69, 9.17) is 0 Å². The van der Waals surface area contributed by atoms with Crippen molar-refractivity contribution >= 4 is 0 Å². The van der Waals surface area contributed by atoms with Gasteiger partial charge in [0.25, 0.3) is 0 Å². The van der Waals surface area contributed by atoms with Crippen molar-refractivity contribution in [2.24, 2.45) is 5.92 Å². The molecule has 0 spiro atoms. The Hall–Kier alpha value is -1.61. The molecule has 0 aliphatic heterocycles. The van der Waals surface area contributed by atoms with Crippen LogP contribution >= 0.6 is 0 Å². The molecule has 1 aliphatic carbocycles. The minimum atomic E-state index is 0.410. The number of nitrogens with zero attached hydrogens (tertiary/aromatic N) is 2. The first-order valence-electron chi connectivity index (χ1n) is 7.64. The van der Waals surface area contributed by atoms with Crippen LogP contribution in [0.2, 0.25) is 0 Å². The number of aromatic nitrogens is 2. The summed E-state index contributed by atoms with van der Waals surface area (Å²) in [4.78, 5) is 0. The second kappa shape index (κ2) is 5.80. The summed E-state index contributed by atoms with van der Waals surface area (Å²) in [7, 11) is 0. The van der Waals surface area contributed by atoms with E-state index >= 15 is 0 Å². The number of aryl methyl sites for hydroxylation is 1. The van der Waals surface area contributed by atoms with E-state index < -0.39 is 0 Å². The molecule has 0 amide bonds. The Labute approximate surface area is 121 Å². The fourth-order valence-electron chi connectivity index (χ4n) is 3.32. The van der Waals surface area contributed by atoms with Crippen LogP contribution in [0.4, 0.5) is 0 Å². The lowest BCUT2D eigenvalue weighted by Crippen LogP contribution is -2.28. The molecule has 3 rings (SSSR count). The highest BCUT2D eigenvalue weighted by atomic mass is 15.3. The average Bonchev–Trinajstić information content (AvgIpc) is 3.10. The normalized spacial score (nSPS) is 16.3. The van der Waals surface area contributed by atoms with E-state index in [0.717, 1.165) is 13.1 Å². The molecular formula is C17H23N3. The monoisotopic (exact) mass is 269 g/mol. The third-order valence-electron chi connectivity index (χ3n) is 4.31. The van der Waals surface area contributed by atoms with E-state index in [2.05, 4.69) is 54.7 Å². The van der Waals surface area contributed by atoms with Crippen LogP contribution in [0.3, 0.4) is 0 Å². The van der Waals surface area contributed by atoms with Crippen molar-refractivity contribution in [3.63, 3.8) is 0 Å². The maximum absolute atomic E-state index is 4.44. The lowest BCUT2D eigenvalue weighted by molar-refractivity contribution is 0.380. The van der Waals surface area contributed by atoms with E-state index in [1.54, 1.807) is 0 Å². The maximum atomic E-state index is 4.44. The van der Waals surface area contributed by atoms with Crippen LogP contribution in [0.15, 0.2) is 36.7 Å². The fraction of sp³-hybridized carbons (Fsp3) is 0.471. The molecule has 0 bridgehead atoms. The molecule has 1 atom stereocenters. The second-order valence-electron chi connectivity index (χ2n) is 5.60. The number of rotatable bonds is 5. The molecule has 20 heavy (non-hydrogen) atoms. The largest absolute Gasteiger partial charge is 0.310 e. The van der Waals surface area contributed by atoms with Crippen molar-refractivity contribution in [2.75, 3.05) is 6.54 Å². The van der Waals surface area contributed by atoms with Gasteiger partial charge in [-0.15, -0.1) is 0 Å². The Morgan fingerprint density at radius 1 is 1.25 bits per heavy atom. The number of hydrogen-bond donors (Lipinski definition) is 1. The fourth-order valence-corrected chi connectivity index (χ4v) is 3.32. The number of benzene rings is 1. The highest BCUT2D eigenvalue weighted by Crippen LogP contribution is 2.35. The highest BCUT2D eigenvalue weighted by Gasteiger charge is 2.29. The molecule has 1 aliphatic rings. The predicted octanol–water partition coefficient (Wildman–Crippen LogP) is 2.97. The zero-order valence-electron chi connectivity index (χ0n) is 12.3. The van der Waals surface area contributed by atoms with E-state index in [9.17, 15) is 0 Å². The second-order valence-corrected chi connectivity index (χ2v) is 5.60. The Morgan fingerprint density at radius 2 is 1.95 bits per heavy atom. The molecule has 1 unspecified atom stereocenters. The van der Waals surface area contributed by atoms with E-state index in [0.29, 0.717) is 12.0 Å². The number of fused-ring (bicyclic) bond motifs is 1. The summed E-state index contributed by atoms with van der Waals surface area (Å²) < 4.78 is 2.02. The van der Waals surface area contributed by atoms with E-state index in [-0.39, 0.29) is 0 Å². The SMILES string of the molecule is CCNC(c1cnn(CC)c1)C1Cc2ccccc2C1. The summed E-state index contributed by atoms with van der Waals surface area (Å²) in [5.41, 5.74) is 4.36. The predicted molar refractivity (Wildman–Crippen MR) is 81.7 cm³/mol. The van der Waals surface area contributed by atoms with Gasteiger partial charge in [0.1, 0.15) is 0 Å². The third-order valence-corrected chi connectivity index (χ3v) is 4.31. The van der Waals surface area contributed by atoms with Crippen LogP contribution < -0.4 is 5.32 Å². The molecule has 3 nitrogen and oxygen atoms in total. The van der Waals surface area contributed by atoms with E-state index in [1.807, 2.05) is 10.9 Å². The van der Waals surface area contributed by atoms with Crippen molar-refractivity contribution in [1.29, 1.82) is 0 Å². The first-order chi connectivity index (χ1) is 9.81. The van der Waals surface area contributed by atoms with Crippen LogP contribution in [-0.4, -0.2) is 16.3 Å². The van der Waals surface area contributed by atoms with Crippen molar-refractivity contribution in [3.05, 3.63) is 53.3 Å². The van der Waals surface area contributed by atoms with Gasteiger partial charge in [-0.2, -0.15) is 5.10 Å². The summed E-state index contributed by atoms with van der Waals surface area (Å²) in [6, 6.07) is 9.26. The maximum Gasteiger partial charge on any atom is 0.0537 e. The zero-order chi connectivity index (χ0) is 13.9. The first kappa shape index (κ1) is 13.4. The van der Waals surface area contributed by atoms with Crippen LogP contribution in [0.1, 0.15) is 36.6 Å². The van der Waals surface area contributed by atoms with Gasteiger partial charge >= 0.3 is 0 Å². The van der Waals surface area contributed by atoms with Crippen LogP contribution in [-0.2, 0) is 19.4 Å². The summed E-state index contributed by atoms with van der Waals surface area (Å²) >= 11 is 0. The Balaban J connectivity index is 1.82. The van der Waals surface area contributed by atoms with Crippen molar-refractivity contribution in [3.8, 4) is 0 Å². The zero-order valence-corrected chi connectivity index (χ0v) is 12.3.